The second-order valence-electron chi connectivity index (χ2n) is 13.5. The summed E-state index contributed by atoms with van der Waals surface area (Å²) in [5, 5.41) is 0. The van der Waals surface area contributed by atoms with E-state index in [0.29, 0.717) is 6.42 Å². The minimum Gasteiger partial charge on any atom is -0.458 e. The summed E-state index contributed by atoms with van der Waals surface area (Å²) in [5.74, 6) is -10.5. The molecular formula is C35H48O14. The Bertz CT molecular complexity index is 1420. The number of esters is 6. The molecular weight excluding hydrogens is 644 g/mol. The SMILES string of the molecule is C=C1[C@H](OC(C)=O)[C@H]2[C@@H](OC(C)=O)[C@](C)(OC(C)=O)C[C@]2(OC(C)=O)C(=O)[C@H](C)C=CC(C)(C)C(=O)[C@H](OC(=O)C(C)CC)[C@H]1OC(C)=O. The van der Waals surface area contributed by atoms with Gasteiger partial charge in [0.2, 0.25) is 6.10 Å². The second kappa shape index (κ2) is 15.5. The van der Waals surface area contributed by atoms with E-state index < -0.39 is 113 Å². The highest BCUT2D eigenvalue weighted by atomic mass is 16.6. The van der Waals surface area contributed by atoms with Crippen LogP contribution in [0.25, 0.3) is 0 Å². The number of ether oxygens (including phenoxy) is 6. The zero-order chi connectivity index (χ0) is 37.8. The third-order valence-corrected chi connectivity index (χ3v) is 8.78. The molecule has 2 aliphatic rings. The van der Waals surface area contributed by atoms with Crippen LogP contribution in [0.3, 0.4) is 0 Å². The van der Waals surface area contributed by atoms with Crippen molar-refractivity contribution in [2.45, 2.75) is 125 Å². The third-order valence-electron chi connectivity index (χ3n) is 8.78. The smallest absolute Gasteiger partial charge is 0.309 e. The van der Waals surface area contributed by atoms with Gasteiger partial charge in [0.15, 0.2) is 35.0 Å². The lowest BCUT2D eigenvalue weighted by atomic mass is 9.72. The van der Waals surface area contributed by atoms with Crippen molar-refractivity contribution in [1.29, 1.82) is 0 Å². The fraction of sp³-hybridized carbons (Fsp3) is 0.657. The maximum atomic E-state index is 14.7. The van der Waals surface area contributed by atoms with Crippen LogP contribution in [-0.2, 0) is 66.8 Å². The highest BCUT2D eigenvalue weighted by Crippen LogP contribution is 2.54. The lowest BCUT2D eigenvalue weighted by Gasteiger charge is -2.42. The average Bonchev–Trinajstić information content (AvgIpc) is 3.19. The van der Waals surface area contributed by atoms with Crippen molar-refractivity contribution in [3.63, 3.8) is 0 Å². The lowest BCUT2D eigenvalue weighted by Crippen LogP contribution is -2.58. The molecule has 14 heteroatoms. The Morgan fingerprint density at radius 1 is 0.776 bits per heavy atom. The maximum absolute atomic E-state index is 14.7. The monoisotopic (exact) mass is 692 g/mol. The van der Waals surface area contributed by atoms with Crippen LogP contribution in [0.4, 0.5) is 0 Å². The van der Waals surface area contributed by atoms with Crippen molar-refractivity contribution in [1.82, 2.24) is 0 Å². The van der Waals surface area contributed by atoms with E-state index in [1.54, 1.807) is 13.8 Å². The van der Waals surface area contributed by atoms with E-state index in [1.165, 1.54) is 39.8 Å². The molecule has 49 heavy (non-hydrogen) atoms. The zero-order valence-corrected chi connectivity index (χ0v) is 30.0. The highest BCUT2D eigenvalue weighted by molar-refractivity contribution is 5.96. The van der Waals surface area contributed by atoms with E-state index in [-0.39, 0.29) is 5.57 Å². The molecule has 1 unspecified atom stereocenters. The number of carbonyl (C=O) groups excluding carboxylic acids is 8. The van der Waals surface area contributed by atoms with Crippen LogP contribution in [0.2, 0.25) is 0 Å². The molecule has 2 rings (SSSR count). The first-order chi connectivity index (χ1) is 22.4. The van der Waals surface area contributed by atoms with Crippen molar-refractivity contribution in [2.75, 3.05) is 0 Å². The van der Waals surface area contributed by atoms with Gasteiger partial charge in [-0.2, -0.15) is 0 Å². The number of fused-ring (bicyclic) bond motifs is 1. The Morgan fingerprint density at radius 3 is 1.76 bits per heavy atom. The van der Waals surface area contributed by atoms with E-state index in [2.05, 4.69) is 6.58 Å². The van der Waals surface area contributed by atoms with Crippen molar-refractivity contribution < 1.29 is 66.8 Å². The Morgan fingerprint density at radius 2 is 1.29 bits per heavy atom. The van der Waals surface area contributed by atoms with Gasteiger partial charge in [0.25, 0.3) is 0 Å². The van der Waals surface area contributed by atoms with Crippen LogP contribution < -0.4 is 0 Å². The van der Waals surface area contributed by atoms with Gasteiger partial charge in [0, 0.05) is 57.9 Å². The summed E-state index contributed by atoms with van der Waals surface area (Å²) in [6, 6.07) is 0. The van der Waals surface area contributed by atoms with Crippen molar-refractivity contribution >= 4 is 47.4 Å². The molecule has 0 bridgehead atoms. The minimum atomic E-state index is -2.35. The molecule has 272 valence electrons. The molecule has 0 aromatic carbocycles. The molecule has 0 heterocycles. The van der Waals surface area contributed by atoms with E-state index in [1.807, 2.05) is 0 Å². The number of hydrogen-bond acceptors (Lipinski definition) is 14. The Balaban J connectivity index is 3.21. The predicted octanol–water partition coefficient (Wildman–Crippen LogP) is 3.31. The molecule has 1 saturated carbocycles. The molecule has 9 atom stereocenters. The van der Waals surface area contributed by atoms with Gasteiger partial charge in [-0.1, -0.05) is 39.5 Å². The van der Waals surface area contributed by atoms with E-state index in [9.17, 15) is 38.4 Å². The molecule has 0 aliphatic heterocycles. The molecule has 14 nitrogen and oxygen atoms in total. The van der Waals surface area contributed by atoms with Gasteiger partial charge in [-0.15, -0.1) is 0 Å². The Kier molecular flexibility index (Phi) is 12.9. The highest BCUT2D eigenvalue weighted by Gasteiger charge is 2.72. The van der Waals surface area contributed by atoms with Crippen LogP contribution in [0.15, 0.2) is 24.3 Å². The summed E-state index contributed by atoms with van der Waals surface area (Å²) in [4.78, 5) is 106. The van der Waals surface area contributed by atoms with Crippen molar-refractivity contribution in [3.8, 4) is 0 Å². The maximum Gasteiger partial charge on any atom is 0.309 e. The molecule has 0 amide bonds. The molecule has 0 radical (unpaired) electrons. The normalized spacial score (nSPS) is 31.9. The van der Waals surface area contributed by atoms with Crippen LogP contribution in [-0.4, -0.2) is 83.0 Å². The molecule has 0 N–H and O–H groups in total. The number of allylic oxidation sites excluding steroid dienone is 2. The number of carbonyl (C=O) groups is 8. The number of ketones is 2. The fourth-order valence-electron chi connectivity index (χ4n) is 6.43. The quantitative estimate of drug-likeness (QED) is 0.204. The average molecular weight is 693 g/mol. The molecule has 1 fully saturated rings. The van der Waals surface area contributed by atoms with Gasteiger partial charge < -0.3 is 28.4 Å². The molecule has 0 aromatic rings. The summed E-state index contributed by atoms with van der Waals surface area (Å²) in [6.45, 7) is 18.3. The van der Waals surface area contributed by atoms with Crippen LogP contribution in [0.1, 0.15) is 89.0 Å². The summed E-state index contributed by atoms with van der Waals surface area (Å²) in [7, 11) is 0. The first-order valence-corrected chi connectivity index (χ1v) is 16.0. The minimum absolute atomic E-state index is 0.337. The Hall–Kier alpha value is -4.36. The number of rotatable bonds is 8. The summed E-state index contributed by atoms with van der Waals surface area (Å²) < 4.78 is 34.4. The van der Waals surface area contributed by atoms with Gasteiger partial charge in [-0.25, -0.2) is 0 Å². The van der Waals surface area contributed by atoms with Gasteiger partial charge in [0.05, 0.1) is 11.8 Å². The molecule has 2 aliphatic carbocycles. The zero-order valence-electron chi connectivity index (χ0n) is 30.0. The number of Topliss-reactive ketones (excluding diaryl/α,β-unsaturated/α-hetero) is 2. The summed E-state index contributed by atoms with van der Waals surface area (Å²) in [5.41, 5.74) is -6.09. The first-order valence-electron chi connectivity index (χ1n) is 16.0. The first kappa shape index (κ1) is 40.8. The summed E-state index contributed by atoms with van der Waals surface area (Å²) >= 11 is 0. The van der Waals surface area contributed by atoms with Crippen LogP contribution >= 0.6 is 0 Å². The van der Waals surface area contributed by atoms with Gasteiger partial charge in [-0.05, 0) is 27.2 Å². The van der Waals surface area contributed by atoms with E-state index >= 15 is 0 Å². The van der Waals surface area contributed by atoms with E-state index in [0.717, 1.165) is 34.6 Å². The van der Waals surface area contributed by atoms with Gasteiger partial charge >= 0.3 is 35.8 Å². The predicted molar refractivity (Wildman–Crippen MR) is 170 cm³/mol. The lowest BCUT2D eigenvalue weighted by molar-refractivity contribution is -0.191. The topological polar surface area (TPSA) is 192 Å². The fourth-order valence-corrected chi connectivity index (χ4v) is 6.43. The van der Waals surface area contributed by atoms with E-state index in [4.69, 9.17) is 28.4 Å². The largest absolute Gasteiger partial charge is 0.458 e. The van der Waals surface area contributed by atoms with Gasteiger partial charge in [-0.3, -0.25) is 38.4 Å². The molecule has 0 aromatic heterocycles. The Labute approximate surface area is 286 Å². The van der Waals surface area contributed by atoms with Gasteiger partial charge in [0.1, 0.15) is 6.10 Å². The number of hydrogen-bond donors (Lipinski definition) is 0. The van der Waals surface area contributed by atoms with Crippen molar-refractivity contribution in [3.05, 3.63) is 24.3 Å². The van der Waals surface area contributed by atoms with Crippen LogP contribution in [0, 0.1) is 23.2 Å². The standard InChI is InChI=1S/C35H48O14/c1-13-17(2)32(43)47-28-27(45-21(6)37)19(4)26(44-20(5)36)25-31(46-22(7)38)34(12,48-23(8)39)16-35(25,49-24(9)40)29(41)18(3)14-15-33(10,11)30(28)42/h14-15,17-18,25-28,31H,4,13,16H2,1-3,5-12H3/t17?,18-,25+,26+,27+,28-,31-,34-,35-/m1/s1. The second-order valence-corrected chi connectivity index (χ2v) is 13.5. The molecule has 0 spiro atoms. The molecule has 0 saturated heterocycles. The van der Waals surface area contributed by atoms with Crippen LogP contribution in [0.5, 0.6) is 0 Å². The summed E-state index contributed by atoms with van der Waals surface area (Å²) in [6.07, 6.45) is -4.68. The van der Waals surface area contributed by atoms with Crippen molar-refractivity contribution in [2.24, 2.45) is 23.2 Å². The third kappa shape index (κ3) is 9.01.